The molecular formula is C40H42N4O10-2. The van der Waals surface area contributed by atoms with Gasteiger partial charge >= 0.3 is 23.9 Å². The number of esters is 4. The Bertz CT molecular complexity index is 1900. The molecule has 0 saturated heterocycles. The maximum Gasteiger partial charge on any atom is 0.331 e. The van der Waals surface area contributed by atoms with E-state index in [-0.39, 0.29) is 26.4 Å². The number of benzene rings is 4. The summed E-state index contributed by atoms with van der Waals surface area (Å²) in [5.74, 6) is -4.35. The van der Waals surface area contributed by atoms with Crippen LogP contribution < -0.4 is 31.5 Å². The van der Waals surface area contributed by atoms with Crippen molar-refractivity contribution in [2.45, 2.75) is 75.9 Å². The Hall–Kier alpha value is -5.60. The topological polar surface area (TPSA) is 199 Å². The van der Waals surface area contributed by atoms with Crippen molar-refractivity contribution in [2.75, 3.05) is 47.7 Å². The van der Waals surface area contributed by atoms with Crippen LogP contribution in [0.25, 0.3) is 21.5 Å². The highest BCUT2D eigenvalue weighted by atomic mass is 16.5. The van der Waals surface area contributed by atoms with Gasteiger partial charge in [0.15, 0.2) is 24.2 Å². The van der Waals surface area contributed by atoms with Crippen LogP contribution in [0.2, 0.25) is 0 Å². The molecule has 4 atom stereocenters. The third-order valence-corrected chi connectivity index (χ3v) is 10.4. The molecule has 0 bridgehead atoms. The van der Waals surface area contributed by atoms with Crippen LogP contribution in [0.1, 0.15) is 50.7 Å². The number of ether oxygens (including phenoxy) is 4. The number of carbonyl (C=O) groups excluding carboxylic acids is 4. The molecule has 0 radical (unpaired) electrons. The normalized spacial score (nSPS) is 25.3. The van der Waals surface area contributed by atoms with Crippen molar-refractivity contribution in [3.63, 3.8) is 0 Å². The number of nitrogens with one attached hydrogen (secondary N) is 4. The van der Waals surface area contributed by atoms with E-state index in [0.717, 1.165) is 0 Å². The highest BCUT2D eigenvalue weighted by Crippen LogP contribution is 2.51. The molecule has 0 aromatic heterocycles. The standard InChI is InChI=1S/C40H42N4O10/c1-5-51-37(47)31-33(39(49)53-7-3)43-25-17-15-21(19-11-9-13-23(41-31)27(19)25)29-35(45)30(36(29)46)22-16-18-26-28-20(22)12-10-14-24(28)42-32(38(48)52-6-2)34(44-26)40(50)54-8-4/h9-18,29-36,41-44H,5-8H2,1-4H3/q-2. The monoisotopic (exact) mass is 738 g/mol. The first kappa shape index (κ1) is 36.7. The van der Waals surface area contributed by atoms with Gasteiger partial charge in [0.05, 0.1) is 26.4 Å². The molecule has 3 aliphatic rings. The van der Waals surface area contributed by atoms with E-state index in [9.17, 15) is 29.4 Å². The van der Waals surface area contributed by atoms with Crippen LogP contribution in [0.4, 0.5) is 22.7 Å². The minimum absolute atomic E-state index is 0.112. The van der Waals surface area contributed by atoms with Crippen molar-refractivity contribution in [1.82, 2.24) is 0 Å². The van der Waals surface area contributed by atoms with E-state index in [2.05, 4.69) is 21.3 Å². The molecule has 0 amide bonds. The van der Waals surface area contributed by atoms with Crippen LogP contribution in [0.15, 0.2) is 60.7 Å². The maximum atomic E-state index is 14.3. The van der Waals surface area contributed by atoms with Crippen molar-refractivity contribution in [3.05, 3.63) is 71.8 Å². The van der Waals surface area contributed by atoms with Gasteiger partial charge in [-0.3, -0.25) is 0 Å². The molecule has 2 heterocycles. The summed E-state index contributed by atoms with van der Waals surface area (Å²) < 4.78 is 21.2. The molecule has 14 heteroatoms. The van der Waals surface area contributed by atoms with Crippen LogP contribution in [-0.2, 0) is 38.1 Å². The minimum Gasteiger partial charge on any atom is -0.851 e. The first-order valence-corrected chi connectivity index (χ1v) is 18.3. The zero-order valence-corrected chi connectivity index (χ0v) is 30.3. The van der Waals surface area contributed by atoms with Gasteiger partial charge < -0.3 is 50.4 Å². The van der Waals surface area contributed by atoms with Gasteiger partial charge in [-0.15, -0.1) is 12.2 Å². The number of hydrogen-bond acceptors (Lipinski definition) is 14. The summed E-state index contributed by atoms with van der Waals surface area (Å²) in [7, 11) is 0. The SMILES string of the molecule is CCOC(=O)C1Nc2cccc3c(C4C([O-])C(c5ccc6c7c(cccc57)NC(C(=O)OCC)C(C(=O)OCC)N6)C4[O-])ccc(c23)NC1C(=O)OCC. The lowest BCUT2D eigenvalue weighted by atomic mass is 9.62. The zero-order chi connectivity index (χ0) is 38.3. The van der Waals surface area contributed by atoms with Crippen molar-refractivity contribution >= 4 is 68.2 Å². The Balaban J connectivity index is 1.25. The van der Waals surface area contributed by atoms with Gasteiger partial charge in [-0.25, -0.2) is 19.2 Å². The Kier molecular flexibility index (Phi) is 10.2. The lowest BCUT2D eigenvalue weighted by molar-refractivity contribution is -0.535. The van der Waals surface area contributed by atoms with Crippen molar-refractivity contribution in [3.8, 4) is 0 Å². The summed E-state index contributed by atoms with van der Waals surface area (Å²) >= 11 is 0. The lowest BCUT2D eigenvalue weighted by Crippen LogP contribution is -2.63. The Morgan fingerprint density at radius 3 is 1.07 bits per heavy atom. The van der Waals surface area contributed by atoms with Crippen LogP contribution in [0.3, 0.4) is 0 Å². The quantitative estimate of drug-likeness (QED) is 0.137. The molecule has 4 aromatic rings. The minimum atomic E-state index is -1.32. The average molecular weight is 739 g/mol. The number of hydrogen-bond donors (Lipinski definition) is 4. The lowest BCUT2D eigenvalue weighted by Gasteiger charge is -2.62. The molecule has 1 fully saturated rings. The highest BCUT2D eigenvalue weighted by molar-refractivity contribution is 6.10. The predicted molar refractivity (Wildman–Crippen MR) is 197 cm³/mol. The number of anilines is 4. The second-order valence-electron chi connectivity index (χ2n) is 13.3. The van der Waals surface area contributed by atoms with Gasteiger partial charge in [-0.1, -0.05) is 36.4 Å². The predicted octanol–water partition coefficient (Wildman–Crippen LogP) is 2.73. The van der Waals surface area contributed by atoms with Crippen molar-refractivity contribution < 1.29 is 48.3 Å². The molecule has 284 valence electrons. The molecule has 7 rings (SSSR count). The molecule has 0 spiro atoms. The van der Waals surface area contributed by atoms with Gasteiger partial charge in [-0.2, -0.15) is 0 Å². The second-order valence-corrected chi connectivity index (χ2v) is 13.3. The van der Waals surface area contributed by atoms with E-state index >= 15 is 0 Å². The van der Waals surface area contributed by atoms with Crippen molar-refractivity contribution in [1.29, 1.82) is 0 Å². The smallest absolute Gasteiger partial charge is 0.331 e. The van der Waals surface area contributed by atoms with E-state index in [1.807, 2.05) is 12.1 Å². The Labute approximate surface area is 311 Å². The van der Waals surface area contributed by atoms with Gasteiger partial charge in [0.25, 0.3) is 0 Å². The second kappa shape index (κ2) is 15.0. The van der Waals surface area contributed by atoms with Crippen LogP contribution >= 0.6 is 0 Å². The van der Waals surface area contributed by atoms with Gasteiger partial charge in [0.1, 0.15) is 0 Å². The van der Waals surface area contributed by atoms with Crippen LogP contribution in [0.5, 0.6) is 0 Å². The number of carbonyl (C=O) groups is 4. The summed E-state index contributed by atoms with van der Waals surface area (Å²) in [5.41, 5.74) is 3.26. The Morgan fingerprint density at radius 2 is 0.778 bits per heavy atom. The molecule has 14 nitrogen and oxygen atoms in total. The van der Waals surface area contributed by atoms with Gasteiger partial charge in [0, 0.05) is 33.5 Å². The molecule has 4 aromatic carbocycles. The summed E-state index contributed by atoms with van der Waals surface area (Å²) in [6.07, 6.45) is -2.64. The summed E-state index contributed by atoms with van der Waals surface area (Å²) in [5, 5.41) is 43.9. The van der Waals surface area contributed by atoms with E-state index in [4.69, 9.17) is 18.9 Å². The van der Waals surface area contributed by atoms with E-state index < -0.39 is 72.1 Å². The molecule has 4 N–H and O–H groups in total. The van der Waals surface area contributed by atoms with E-state index in [0.29, 0.717) is 55.4 Å². The third kappa shape index (κ3) is 6.18. The summed E-state index contributed by atoms with van der Waals surface area (Å²) in [6.45, 7) is 7.16. The van der Waals surface area contributed by atoms with Crippen LogP contribution in [0, 0.1) is 0 Å². The molecular weight excluding hydrogens is 696 g/mol. The van der Waals surface area contributed by atoms with Gasteiger partial charge in [0.2, 0.25) is 0 Å². The maximum absolute atomic E-state index is 14.3. The average Bonchev–Trinajstić information content (AvgIpc) is 3.44. The van der Waals surface area contributed by atoms with E-state index in [1.165, 1.54) is 0 Å². The highest BCUT2D eigenvalue weighted by Gasteiger charge is 2.43. The fraction of sp³-hybridized carbons (Fsp3) is 0.400. The molecule has 1 aliphatic carbocycles. The molecule has 54 heavy (non-hydrogen) atoms. The zero-order valence-electron chi connectivity index (χ0n) is 30.3. The summed E-state index contributed by atoms with van der Waals surface area (Å²) in [4.78, 5) is 52.3. The van der Waals surface area contributed by atoms with E-state index in [1.54, 1.807) is 76.2 Å². The largest absolute Gasteiger partial charge is 0.851 e. The fourth-order valence-corrected chi connectivity index (χ4v) is 8.02. The third-order valence-electron chi connectivity index (χ3n) is 10.4. The molecule has 2 aliphatic heterocycles. The summed E-state index contributed by atoms with van der Waals surface area (Å²) in [6, 6.07) is 13.2. The van der Waals surface area contributed by atoms with Crippen LogP contribution in [-0.4, -0.2) is 86.7 Å². The first-order valence-electron chi connectivity index (χ1n) is 18.3. The fourth-order valence-electron chi connectivity index (χ4n) is 8.02. The molecule has 4 unspecified atom stereocenters. The molecule has 1 saturated carbocycles. The van der Waals surface area contributed by atoms with Crippen molar-refractivity contribution in [2.24, 2.45) is 0 Å². The number of rotatable bonds is 10. The van der Waals surface area contributed by atoms with Gasteiger partial charge in [-0.05, 0) is 85.7 Å². The first-order chi connectivity index (χ1) is 26.1. The Morgan fingerprint density at radius 1 is 0.481 bits per heavy atom.